The van der Waals surface area contributed by atoms with E-state index >= 15 is 0 Å². The van der Waals surface area contributed by atoms with Crippen LogP contribution < -0.4 is 36.6 Å². The van der Waals surface area contributed by atoms with Crippen LogP contribution in [0.25, 0.3) is 10.9 Å². The van der Waals surface area contributed by atoms with Crippen molar-refractivity contribution in [3.63, 3.8) is 0 Å². The number of carbonyl (C=O) groups excluding carboxylic acids is 7. The number of aliphatic carboxylic acids is 4. The van der Waals surface area contributed by atoms with Crippen molar-refractivity contribution in [3.05, 3.63) is 36.0 Å². The first-order chi connectivity index (χ1) is 45.2. The van der Waals surface area contributed by atoms with Crippen molar-refractivity contribution in [2.45, 2.75) is 109 Å². The second-order valence-corrected chi connectivity index (χ2v) is 22.8. The Morgan fingerprint density at radius 3 is 1.71 bits per heavy atom. The minimum Gasteiger partial charge on any atom is -0.484 e. The maximum atomic E-state index is 13.7. The van der Waals surface area contributed by atoms with E-state index in [0.29, 0.717) is 73.8 Å². The fourth-order valence-corrected chi connectivity index (χ4v) is 10.3. The molecule has 0 bridgehead atoms. The van der Waals surface area contributed by atoms with Gasteiger partial charge in [-0.2, -0.15) is 5.26 Å². The van der Waals surface area contributed by atoms with E-state index in [1.807, 2.05) is 6.92 Å². The number of hydrogen-bond acceptors (Lipinski definition) is 21. The van der Waals surface area contributed by atoms with Gasteiger partial charge in [0.1, 0.15) is 23.9 Å². The highest BCUT2D eigenvalue weighted by Crippen LogP contribution is 2.23. The molecule has 4 rings (SSSR count). The Kier molecular flexibility index (Phi) is 37.6. The molecule has 2 saturated heterocycles. The summed E-state index contributed by atoms with van der Waals surface area (Å²) < 4.78 is 22.3. The number of fused-ring (bicyclic) bond motifs is 1. The lowest BCUT2D eigenvalue weighted by atomic mass is 10.1. The molecular weight excluding hydrogens is 1230 g/mol. The second kappa shape index (κ2) is 45.2. The first-order valence-corrected chi connectivity index (χ1v) is 32.1. The number of nitrogens with zero attached hydrogens (tertiary/aromatic N) is 7. The van der Waals surface area contributed by atoms with Gasteiger partial charge in [0.25, 0.3) is 11.8 Å². The number of benzene rings is 1. The smallest absolute Gasteiger partial charge is 0.326 e. The topological polar surface area (TPSA) is 431 Å². The van der Waals surface area contributed by atoms with Crippen LogP contribution in [0.5, 0.6) is 5.75 Å². The van der Waals surface area contributed by atoms with Gasteiger partial charge in [-0.15, -0.1) is 0 Å². The number of aromatic nitrogens is 1. The molecule has 10 N–H and O–H groups in total. The number of likely N-dealkylation sites (tertiary alicyclic amines) is 1. The summed E-state index contributed by atoms with van der Waals surface area (Å²) in [6.45, 7) is 4.27. The van der Waals surface area contributed by atoms with Crippen molar-refractivity contribution in [1.29, 1.82) is 5.26 Å². The van der Waals surface area contributed by atoms with Crippen molar-refractivity contribution >= 4 is 76.1 Å². The molecule has 3 heterocycles. The SMILES string of the molecule is CCCCCC(=O)NCCCCC(NC(=O)C(CCCCNC(=O)CN1CCN(CC(=O)O)CCN(CC(=O)O)CCN(CC(=O)O)CC1)NC(=O)CCOCCOCCOCCNC(=O)COc1ccc2c(C(=O)NCC(=O)N3CCCC3C#N)ccnc2c1)C(=O)O. The Balaban J connectivity index is 1.17. The Bertz CT molecular complexity index is 2780. The summed E-state index contributed by atoms with van der Waals surface area (Å²) >= 11 is 0. The molecule has 0 aliphatic carbocycles. The Morgan fingerprint density at radius 2 is 1.14 bits per heavy atom. The van der Waals surface area contributed by atoms with Crippen LogP contribution in [-0.2, 0) is 62.2 Å². The van der Waals surface area contributed by atoms with Gasteiger partial charge < -0.3 is 76.2 Å². The Morgan fingerprint density at radius 1 is 0.585 bits per heavy atom. The van der Waals surface area contributed by atoms with Gasteiger partial charge in [-0.25, -0.2) is 4.79 Å². The molecule has 32 nitrogen and oxygen atoms in total. The summed E-state index contributed by atoms with van der Waals surface area (Å²) in [4.78, 5) is 150. The molecule has 2 aliphatic heterocycles. The predicted molar refractivity (Wildman–Crippen MR) is 338 cm³/mol. The molecule has 3 unspecified atom stereocenters. The average Bonchev–Trinajstić information content (AvgIpc) is 0.894. The predicted octanol–water partition coefficient (Wildman–Crippen LogP) is -0.903. The van der Waals surface area contributed by atoms with Crippen LogP contribution >= 0.6 is 0 Å². The van der Waals surface area contributed by atoms with Gasteiger partial charge >= 0.3 is 23.9 Å². The largest absolute Gasteiger partial charge is 0.484 e. The maximum absolute atomic E-state index is 13.7. The normalized spacial score (nSPS) is 15.9. The summed E-state index contributed by atoms with van der Waals surface area (Å²) in [6.07, 6.45) is 7.38. The third kappa shape index (κ3) is 32.6. The highest BCUT2D eigenvalue weighted by Gasteiger charge is 2.30. The maximum Gasteiger partial charge on any atom is 0.326 e. The van der Waals surface area contributed by atoms with Crippen molar-refractivity contribution in [2.75, 3.05) is 158 Å². The van der Waals surface area contributed by atoms with Gasteiger partial charge in [-0.3, -0.25) is 72.5 Å². The molecule has 2 aromatic rings. The molecule has 0 spiro atoms. The molecule has 7 amide bonds. The van der Waals surface area contributed by atoms with Crippen LogP contribution in [0.4, 0.5) is 0 Å². The zero-order chi connectivity index (χ0) is 68.5. The van der Waals surface area contributed by atoms with Crippen LogP contribution in [0.1, 0.15) is 101 Å². The number of unbranched alkanes of at least 4 members (excludes halogenated alkanes) is 4. The lowest BCUT2D eigenvalue weighted by Gasteiger charge is -2.32. The number of nitrogens with one attached hydrogen (secondary N) is 6. The molecule has 2 fully saturated rings. The summed E-state index contributed by atoms with van der Waals surface area (Å²) in [7, 11) is 0. The monoisotopic (exact) mass is 1330 g/mol. The highest BCUT2D eigenvalue weighted by molar-refractivity contribution is 6.07. The van der Waals surface area contributed by atoms with E-state index in [1.165, 1.54) is 17.2 Å². The van der Waals surface area contributed by atoms with E-state index in [4.69, 9.17) is 18.9 Å². The highest BCUT2D eigenvalue weighted by atomic mass is 16.5. The summed E-state index contributed by atoms with van der Waals surface area (Å²) in [5, 5.41) is 64.6. The fourth-order valence-electron chi connectivity index (χ4n) is 10.3. The number of carboxylic acids is 4. The van der Waals surface area contributed by atoms with E-state index in [2.05, 4.69) is 43.0 Å². The van der Waals surface area contributed by atoms with Gasteiger partial charge in [0.2, 0.25) is 29.5 Å². The van der Waals surface area contributed by atoms with Gasteiger partial charge in [0, 0.05) is 109 Å². The number of nitriles is 1. The number of amides is 7. The lowest BCUT2D eigenvalue weighted by Crippen LogP contribution is -2.51. The van der Waals surface area contributed by atoms with Gasteiger partial charge in [-0.05, 0) is 76.0 Å². The van der Waals surface area contributed by atoms with E-state index < -0.39 is 65.6 Å². The van der Waals surface area contributed by atoms with Crippen LogP contribution in [0.3, 0.4) is 0 Å². The number of carboxylic acid groups (broad SMARTS) is 4. The minimum absolute atomic E-state index is 0.0346. The lowest BCUT2D eigenvalue weighted by molar-refractivity contribution is -0.142. The van der Waals surface area contributed by atoms with E-state index in [-0.39, 0.29) is 181 Å². The summed E-state index contributed by atoms with van der Waals surface area (Å²) in [6, 6.07) is 5.52. The molecule has 94 heavy (non-hydrogen) atoms. The van der Waals surface area contributed by atoms with Crippen molar-refractivity contribution in [1.82, 2.24) is 61.4 Å². The molecule has 1 aromatic heterocycles. The van der Waals surface area contributed by atoms with Crippen molar-refractivity contribution in [3.8, 4) is 11.8 Å². The summed E-state index contributed by atoms with van der Waals surface area (Å²) in [5.74, 6) is -7.10. The summed E-state index contributed by atoms with van der Waals surface area (Å²) in [5.41, 5.74) is 0.729. The number of pyridine rings is 1. The van der Waals surface area contributed by atoms with Crippen LogP contribution in [0.2, 0.25) is 0 Å². The van der Waals surface area contributed by atoms with Crippen molar-refractivity contribution < 1.29 is 92.1 Å². The second-order valence-electron chi connectivity index (χ2n) is 22.8. The molecule has 2 aliphatic rings. The van der Waals surface area contributed by atoms with Crippen LogP contribution in [0.15, 0.2) is 30.5 Å². The minimum atomic E-state index is -1.28. The van der Waals surface area contributed by atoms with E-state index in [1.54, 1.807) is 37.8 Å². The third-order valence-corrected chi connectivity index (χ3v) is 15.4. The standard InChI is InChI=1S/C62H95N13O19/c1-2-3-4-13-52(76)65-18-8-6-12-50(62(89)90)70-61(88)49(11-5-7-19-66-54(78)40-71-23-25-72(41-57(81)82)27-29-74(43-59(85)86)30-28-73(26-24-71)42-58(83)84)69-53(77)17-31-91-33-35-93-36-34-92-32-21-67-55(79)44-94-46-14-15-47-48(16-20-64-51(47)37-46)60(87)68-39-56(80)75-22-9-10-45(75)38-63/h14-16,20,37,45,49-50H,2-13,17-19,21-36,39-44H2,1H3,(H,65,76)(H,66,78)(H,67,79)(H,68,87)(H,69,77)(H,70,88)(H,81,82)(H,83,84)(H,85,86)(H,89,90). The molecule has 0 saturated carbocycles. The van der Waals surface area contributed by atoms with Gasteiger partial charge in [-0.1, -0.05) is 19.8 Å². The molecule has 3 atom stereocenters. The van der Waals surface area contributed by atoms with Gasteiger partial charge in [0.15, 0.2) is 6.61 Å². The molecule has 522 valence electrons. The number of carbonyl (C=O) groups is 11. The number of hydrogen-bond donors (Lipinski definition) is 10. The zero-order valence-corrected chi connectivity index (χ0v) is 53.8. The molecule has 0 radical (unpaired) electrons. The average molecular weight is 1330 g/mol. The number of ether oxygens (including phenoxy) is 4. The molecular formula is C62H95N13O19. The zero-order valence-electron chi connectivity index (χ0n) is 53.8. The first-order valence-electron chi connectivity index (χ1n) is 32.1. The quantitative estimate of drug-likeness (QED) is 0.0359. The molecule has 32 heteroatoms. The van der Waals surface area contributed by atoms with Gasteiger partial charge in [0.05, 0.1) is 89.5 Å². The molecule has 1 aromatic carbocycles. The van der Waals surface area contributed by atoms with Crippen LogP contribution in [-0.4, -0.2) is 291 Å². The fraction of sp³-hybridized carbons (Fsp3) is 0.661. The van der Waals surface area contributed by atoms with E-state index in [9.17, 15) is 78.4 Å². The van der Waals surface area contributed by atoms with Crippen LogP contribution in [0, 0.1) is 11.3 Å². The van der Waals surface area contributed by atoms with E-state index in [0.717, 1.165) is 25.7 Å². The Labute approximate surface area is 547 Å². The Hall–Kier alpha value is -8.19. The third-order valence-electron chi connectivity index (χ3n) is 15.4. The number of rotatable bonds is 44. The van der Waals surface area contributed by atoms with Crippen molar-refractivity contribution in [2.24, 2.45) is 0 Å². The first kappa shape index (κ1) is 78.3.